The first-order valence-electron chi connectivity index (χ1n) is 11.1. The summed E-state index contributed by atoms with van der Waals surface area (Å²) in [6.45, 7) is 7.58. The summed E-state index contributed by atoms with van der Waals surface area (Å²) in [5, 5.41) is 3.68. The quantitative estimate of drug-likeness (QED) is 0.551. The van der Waals surface area contributed by atoms with E-state index in [0.29, 0.717) is 0 Å². The monoisotopic (exact) mass is 425 g/mol. The van der Waals surface area contributed by atoms with Gasteiger partial charge in [-0.15, -0.1) is 0 Å². The summed E-state index contributed by atoms with van der Waals surface area (Å²) in [5.41, 5.74) is 7.20. The Hall–Kier alpha value is -3.22. The number of hydrogen-bond acceptors (Lipinski definition) is 3. The number of fused-ring (bicyclic) bond motifs is 1. The van der Waals surface area contributed by atoms with Gasteiger partial charge in [-0.1, -0.05) is 62.9 Å². The molecule has 0 saturated heterocycles. The molecule has 3 heteroatoms. The van der Waals surface area contributed by atoms with Crippen LogP contribution < -0.4 is 14.8 Å². The largest absolute Gasteiger partial charge is 0.493 e. The number of benzene rings is 3. The van der Waals surface area contributed by atoms with Gasteiger partial charge in [0.1, 0.15) is 0 Å². The topological polar surface area (TPSA) is 30.5 Å². The van der Waals surface area contributed by atoms with Crippen molar-refractivity contribution in [2.45, 2.75) is 38.6 Å². The second kappa shape index (κ2) is 9.10. The summed E-state index contributed by atoms with van der Waals surface area (Å²) in [7, 11) is 3.36. The Labute approximate surface area is 191 Å². The third-order valence-corrected chi connectivity index (χ3v) is 6.06. The van der Waals surface area contributed by atoms with Gasteiger partial charge < -0.3 is 14.8 Å². The van der Waals surface area contributed by atoms with E-state index in [1.165, 1.54) is 22.3 Å². The molecule has 0 amide bonds. The summed E-state index contributed by atoms with van der Waals surface area (Å²) in [4.78, 5) is 0. The predicted octanol–water partition coefficient (Wildman–Crippen LogP) is 5.64. The summed E-state index contributed by atoms with van der Waals surface area (Å²) < 4.78 is 11.1. The highest BCUT2D eigenvalue weighted by Crippen LogP contribution is 2.38. The number of nitrogens with one attached hydrogen (secondary N) is 1. The molecule has 3 aromatic carbocycles. The van der Waals surface area contributed by atoms with Crippen LogP contribution in [0.5, 0.6) is 11.5 Å². The van der Waals surface area contributed by atoms with Gasteiger partial charge in [-0.2, -0.15) is 0 Å². The summed E-state index contributed by atoms with van der Waals surface area (Å²) >= 11 is 0. The third kappa shape index (κ3) is 4.52. The first-order valence-corrected chi connectivity index (χ1v) is 11.1. The Morgan fingerprint density at radius 3 is 2.22 bits per heavy atom. The van der Waals surface area contributed by atoms with E-state index in [4.69, 9.17) is 9.47 Å². The molecule has 0 aromatic heterocycles. The van der Waals surface area contributed by atoms with Crippen molar-refractivity contribution in [2.75, 3.05) is 20.8 Å². The van der Waals surface area contributed by atoms with Crippen LogP contribution in [0.4, 0.5) is 0 Å². The van der Waals surface area contributed by atoms with Crippen LogP contribution in [0.25, 0.3) is 0 Å². The molecule has 1 aliphatic heterocycles. The van der Waals surface area contributed by atoms with Crippen LogP contribution in [0.2, 0.25) is 0 Å². The molecule has 1 heterocycles. The Balaban J connectivity index is 1.70. The maximum Gasteiger partial charge on any atom is 0.161 e. The number of methoxy groups -OCH3 is 2. The molecule has 32 heavy (non-hydrogen) atoms. The third-order valence-electron chi connectivity index (χ3n) is 6.06. The number of ether oxygens (including phenoxy) is 2. The van der Waals surface area contributed by atoms with Crippen molar-refractivity contribution >= 4 is 0 Å². The van der Waals surface area contributed by atoms with Crippen molar-refractivity contribution in [3.63, 3.8) is 0 Å². The smallest absolute Gasteiger partial charge is 0.161 e. The van der Waals surface area contributed by atoms with Gasteiger partial charge in [-0.3, -0.25) is 0 Å². The van der Waals surface area contributed by atoms with Gasteiger partial charge in [-0.05, 0) is 64.4 Å². The normalized spacial score (nSPS) is 15.3. The Morgan fingerprint density at radius 1 is 0.844 bits per heavy atom. The van der Waals surface area contributed by atoms with Crippen LogP contribution >= 0.6 is 0 Å². The second-order valence-electron chi connectivity index (χ2n) is 9.21. The second-order valence-corrected chi connectivity index (χ2v) is 9.21. The molecule has 0 saturated carbocycles. The van der Waals surface area contributed by atoms with Gasteiger partial charge in [-0.25, -0.2) is 0 Å². The van der Waals surface area contributed by atoms with E-state index >= 15 is 0 Å². The molecule has 1 atom stereocenters. The molecule has 0 bridgehead atoms. The fraction of sp³-hybridized carbons (Fsp3) is 0.310. The SMILES string of the molecule is COc1cc2c(cc1OC)C(c1ccccc1C#Cc1ccc(C(C)(C)C)cc1)NCC2. The molecule has 3 nitrogen and oxygen atoms in total. The lowest BCUT2D eigenvalue weighted by Gasteiger charge is -2.29. The highest BCUT2D eigenvalue weighted by atomic mass is 16.5. The molecular weight excluding hydrogens is 394 g/mol. The minimum Gasteiger partial charge on any atom is -0.493 e. The van der Waals surface area contributed by atoms with Crippen LogP contribution in [0, 0.1) is 11.8 Å². The van der Waals surface area contributed by atoms with E-state index in [-0.39, 0.29) is 11.5 Å². The molecule has 1 aliphatic rings. The van der Waals surface area contributed by atoms with E-state index < -0.39 is 0 Å². The number of rotatable bonds is 3. The molecule has 1 N–H and O–H groups in total. The maximum atomic E-state index is 5.57. The average molecular weight is 426 g/mol. The van der Waals surface area contributed by atoms with E-state index in [1.807, 2.05) is 0 Å². The highest BCUT2D eigenvalue weighted by Gasteiger charge is 2.25. The molecular formula is C29H31NO2. The predicted molar refractivity (Wildman–Crippen MR) is 131 cm³/mol. The van der Waals surface area contributed by atoms with E-state index in [0.717, 1.165) is 35.6 Å². The lowest BCUT2D eigenvalue weighted by atomic mass is 9.86. The van der Waals surface area contributed by atoms with Crippen molar-refractivity contribution in [2.24, 2.45) is 0 Å². The zero-order valence-electron chi connectivity index (χ0n) is 19.6. The molecule has 0 radical (unpaired) electrons. The number of hydrogen-bond donors (Lipinski definition) is 1. The van der Waals surface area contributed by atoms with Gasteiger partial charge in [0.05, 0.1) is 20.3 Å². The summed E-state index contributed by atoms with van der Waals surface area (Å²) in [6, 6.07) is 21.2. The van der Waals surface area contributed by atoms with Crippen LogP contribution in [-0.4, -0.2) is 20.8 Å². The van der Waals surface area contributed by atoms with Gasteiger partial charge in [0, 0.05) is 17.7 Å². The Kier molecular flexibility index (Phi) is 6.26. The first kappa shape index (κ1) is 22.0. The molecule has 0 fully saturated rings. The summed E-state index contributed by atoms with van der Waals surface area (Å²) in [5.74, 6) is 8.31. The van der Waals surface area contributed by atoms with E-state index in [1.54, 1.807) is 14.2 Å². The van der Waals surface area contributed by atoms with Gasteiger partial charge in [0.15, 0.2) is 11.5 Å². The van der Waals surface area contributed by atoms with Gasteiger partial charge >= 0.3 is 0 Å². The van der Waals surface area contributed by atoms with Gasteiger partial charge in [0.2, 0.25) is 0 Å². The Bertz CT molecular complexity index is 1160. The molecule has 3 aromatic rings. The minimum atomic E-state index is 0.0623. The molecule has 1 unspecified atom stereocenters. The van der Waals surface area contributed by atoms with Crippen molar-refractivity contribution in [3.8, 4) is 23.3 Å². The fourth-order valence-electron chi connectivity index (χ4n) is 4.22. The lowest BCUT2D eigenvalue weighted by Crippen LogP contribution is -2.31. The first-order chi connectivity index (χ1) is 15.4. The van der Waals surface area contributed by atoms with Gasteiger partial charge in [0.25, 0.3) is 0 Å². The van der Waals surface area contributed by atoms with Crippen LogP contribution in [-0.2, 0) is 11.8 Å². The van der Waals surface area contributed by atoms with Crippen LogP contribution in [0.15, 0.2) is 60.7 Å². The van der Waals surface area contributed by atoms with Crippen molar-refractivity contribution in [1.82, 2.24) is 5.32 Å². The highest BCUT2D eigenvalue weighted by molar-refractivity contribution is 5.55. The average Bonchev–Trinajstić information content (AvgIpc) is 2.81. The van der Waals surface area contributed by atoms with Crippen molar-refractivity contribution in [3.05, 3.63) is 94.0 Å². The lowest BCUT2D eigenvalue weighted by molar-refractivity contribution is 0.353. The zero-order valence-corrected chi connectivity index (χ0v) is 19.6. The van der Waals surface area contributed by atoms with Crippen molar-refractivity contribution < 1.29 is 9.47 Å². The molecule has 4 rings (SSSR count). The van der Waals surface area contributed by atoms with E-state index in [2.05, 4.69) is 98.6 Å². The van der Waals surface area contributed by atoms with Crippen molar-refractivity contribution in [1.29, 1.82) is 0 Å². The zero-order chi connectivity index (χ0) is 22.7. The standard InChI is InChI=1S/C29H31NO2/c1-29(2,3)23-14-11-20(12-15-23)10-13-21-8-6-7-9-24(21)28-25-19-27(32-5)26(31-4)18-22(25)16-17-30-28/h6-9,11-12,14-15,18-19,28,30H,16-17H2,1-5H3. The fourth-order valence-corrected chi connectivity index (χ4v) is 4.22. The molecule has 0 aliphatic carbocycles. The van der Waals surface area contributed by atoms with Crippen LogP contribution in [0.1, 0.15) is 60.2 Å². The van der Waals surface area contributed by atoms with E-state index in [9.17, 15) is 0 Å². The maximum absolute atomic E-state index is 5.57. The minimum absolute atomic E-state index is 0.0623. The van der Waals surface area contributed by atoms with Crippen LogP contribution in [0.3, 0.4) is 0 Å². The Morgan fingerprint density at radius 2 is 1.53 bits per heavy atom. The summed E-state index contributed by atoms with van der Waals surface area (Å²) in [6.07, 6.45) is 0.958. The molecule has 0 spiro atoms. The molecule has 164 valence electrons.